The molecular formula is C14H15F3N2O2S. The third kappa shape index (κ3) is 2.25. The number of hydrogen-bond donors (Lipinski definition) is 1. The van der Waals surface area contributed by atoms with Gasteiger partial charge in [-0.2, -0.15) is 23.3 Å². The van der Waals surface area contributed by atoms with Gasteiger partial charge >= 0.3 is 6.18 Å². The number of halogens is 3. The summed E-state index contributed by atoms with van der Waals surface area (Å²) in [6, 6.07) is 0. The molecule has 0 bridgehead atoms. The molecule has 0 radical (unpaired) electrons. The molecular weight excluding hydrogens is 317 g/mol. The Kier molecular flexibility index (Phi) is 3.56. The van der Waals surface area contributed by atoms with Crippen molar-refractivity contribution in [3.63, 3.8) is 0 Å². The topological polar surface area (TPSA) is 52.9 Å². The minimum absolute atomic E-state index is 0.0808. The fourth-order valence-corrected chi connectivity index (χ4v) is 4.06. The van der Waals surface area contributed by atoms with Gasteiger partial charge in [-0.15, -0.1) is 11.3 Å². The van der Waals surface area contributed by atoms with Gasteiger partial charge in [0.15, 0.2) is 0 Å². The van der Waals surface area contributed by atoms with Crippen molar-refractivity contribution in [3.8, 4) is 0 Å². The maximum Gasteiger partial charge on any atom is 0.438 e. The Hall–Kier alpha value is -1.41. The molecule has 3 rings (SSSR count). The summed E-state index contributed by atoms with van der Waals surface area (Å²) < 4.78 is 39.6. The predicted molar refractivity (Wildman–Crippen MR) is 75.9 cm³/mol. The maximum atomic E-state index is 13.2. The van der Waals surface area contributed by atoms with Gasteiger partial charge < -0.3 is 5.11 Å². The molecule has 1 atom stereocenters. The number of nitrogens with zero attached hydrogens (tertiary/aromatic N) is 2. The zero-order valence-corrected chi connectivity index (χ0v) is 12.7. The van der Waals surface area contributed by atoms with E-state index in [2.05, 4.69) is 5.10 Å². The summed E-state index contributed by atoms with van der Waals surface area (Å²) in [7, 11) is 0. The van der Waals surface area contributed by atoms with Crippen LogP contribution in [-0.2, 0) is 12.8 Å². The normalized spacial score (nSPS) is 25.1. The molecule has 0 unspecified atom stereocenters. The van der Waals surface area contributed by atoms with E-state index in [1.165, 1.54) is 18.3 Å². The smallest absolute Gasteiger partial charge is 0.362 e. The van der Waals surface area contributed by atoms with Gasteiger partial charge in [-0.1, -0.05) is 0 Å². The van der Waals surface area contributed by atoms with Crippen LogP contribution in [0.2, 0.25) is 0 Å². The summed E-state index contributed by atoms with van der Waals surface area (Å²) in [6.07, 6.45) is -2.21. The number of amides is 1. The van der Waals surface area contributed by atoms with Crippen LogP contribution in [0.5, 0.6) is 0 Å². The van der Waals surface area contributed by atoms with Crippen LogP contribution in [0.15, 0.2) is 10.5 Å². The summed E-state index contributed by atoms with van der Waals surface area (Å²) in [6.45, 7) is 1.37. The average Bonchev–Trinajstić information content (AvgIpc) is 2.99. The van der Waals surface area contributed by atoms with Gasteiger partial charge in [0.05, 0.1) is 5.56 Å². The molecule has 120 valence electrons. The summed E-state index contributed by atoms with van der Waals surface area (Å²) >= 11 is 1.39. The van der Waals surface area contributed by atoms with Gasteiger partial charge in [0.25, 0.3) is 11.6 Å². The van der Waals surface area contributed by atoms with E-state index in [0.29, 0.717) is 6.42 Å². The van der Waals surface area contributed by atoms with E-state index in [9.17, 15) is 23.1 Å². The van der Waals surface area contributed by atoms with Crippen molar-refractivity contribution >= 4 is 23.0 Å². The molecule has 2 aliphatic rings. The second-order valence-corrected chi connectivity index (χ2v) is 6.67. The summed E-state index contributed by atoms with van der Waals surface area (Å²) in [5, 5.41) is 15.4. The molecule has 1 aromatic heterocycles. The Morgan fingerprint density at radius 3 is 2.77 bits per heavy atom. The van der Waals surface area contributed by atoms with E-state index in [1.54, 1.807) is 5.38 Å². The van der Waals surface area contributed by atoms with Gasteiger partial charge in [-0.05, 0) is 38.2 Å². The van der Waals surface area contributed by atoms with Crippen molar-refractivity contribution in [2.24, 2.45) is 5.10 Å². The third-order valence-electron chi connectivity index (χ3n) is 4.06. The van der Waals surface area contributed by atoms with E-state index < -0.39 is 24.2 Å². The highest BCUT2D eigenvalue weighted by Crippen LogP contribution is 2.42. The Morgan fingerprint density at radius 1 is 1.41 bits per heavy atom. The van der Waals surface area contributed by atoms with Gasteiger partial charge in [0.1, 0.15) is 0 Å². The molecule has 1 aliphatic carbocycles. The zero-order valence-electron chi connectivity index (χ0n) is 11.9. The first kappa shape index (κ1) is 15.5. The first-order chi connectivity index (χ1) is 10.2. The quantitative estimate of drug-likeness (QED) is 0.859. The van der Waals surface area contributed by atoms with Gasteiger partial charge in [-0.25, -0.2) is 0 Å². The molecule has 2 heterocycles. The van der Waals surface area contributed by atoms with Crippen molar-refractivity contribution in [2.75, 3.05) is 0 Å². The number of aryl methyl sites for hydroxylation is 1. The zero-order chi connectivity index (χ0) is 16.1. The number of alkyl halides is 3. The molecule has 4 nitrogen and oxygen atoms in total. The maximum absolute atomic E-state index is 13.2. The first-order valence-corrected chi connectivity index (χ1v) is 7.89. The minimum atomic E-state index is -4.96. The molecule has 0 saturated carbocycles. The highest BCUT2D eigenvalue weighted by molar-refractivity contribution is 7.10. The third-order valence-corrected chi connectivity index (χ3v) is 5.15. The number of rotatable bonds is 1. The number of hydrazone groups is 1. The second-order valence-electron chi connectivity index (χ2n) is 5.70. The number of hydrogen-bond acceptors (Lipinski definition) is 4. The number of carbonyl (C=O) groups is 1. The minimum Gasteiger partial charge on any atom is -0.362 e. The monoisotopic (exact) mass is 332 g/mol. The lowest BCUT2D eigenvalue weighted by molar-refractivity contribution is -0.297. The van der Waals surface area contributed by atoms with Crippen molar-refractivity contribution in [3.05, 3.63) is 21.4 Å². The van der Waals surface area contributed by atoms with Gasteiger partial charge in [0.2, 0.25) is 0 Å². The molecule has 0 spiro atoms. The number of fused-ring (bicyclic) bond motifs is 1. The summed E-state index contributed by atoms with van der Waals surface area (Å²) in [4.78, 5) is 13.6. The van der Waals surface area contributed by atoms with Crippen LogP contribution in [0.4, 0.5) is 13.2 Å². The highest BCUT2D eigenvalue weighted by atomic mass is 32.1. The van der Waals surface area contributed by atoms with Crippen LogP contribution in [0, 0.1) is 0 Å². The molecule has 22 heavy (non-hydrogen) atoms. The molecule has 0 saturated heterocycles. The largest absolute Gasteiger partial charge is 0.438 e. The second kappa shape index (κ2) is 5.06. The fraction of sp³-hybridized carbons (Fsp3) is 0.571. The van der Waals surface area contributed by atoms with E-state index >= 15 is 0 Å². The van der Waals surface area contributed by atoms with Gasteiger partial charge in [-0.3, -0.25) is 4.79 Å². The van der Waals surface area contributed by atoms with Crippen molar-refractivity contribution < 1.29 is 23.1 Å². The number of thiophene rings is 1. The summed E-state index contributed by atoms with van der Waals surface area (Å²) in [5.41, 5.74) is -2.12. The molecule has 1 N–H and O–H groups in total. The lowest BCUT2D eigenvalue weighted by Gasteiger charge is -2.32. The van der Waals surface area contributed by atoms with Crippen molar-refractivity contribution in [1.29, 1.82) is 0 Å². The van der Waals surface area contributed by atoms with E-state index in [0.717, 1.165) is 29.7 Å². The number of carbonyl (C=O) groups excluding carboxylic acids is 1. The Morgan fingerprint density at radius 2 is 2.09 bits per heavy atom. The van der Waals surface area contributed by atoms with Crippen LogP contribution in [-0.4, -0.2) is 33.6 Å². The van der Waals surface area contributed by atoms with Crippen LogP contribution in [0.25, 0.3) is 0 Å². The Bertz CT molecular complexity index is 653. The first-order valence-electron chi connectivity index (χ1n) is 7.01. The number of aliphatic hydroxyl groups is 1. The Labute approximate surface area is 129 Å². The lowest BCUT2D eigenvalue weighted by atomic mass is 9.95. The lowest BCUT2D eigenvalue weighted by Crippen LogP contribution is -2.56. The summed E-state index contributed by atoms with van der Waals surface area (Å²) in [5.74, 6) is -0.879. The molecule has 8 heteroatoms. The molecule has 1 amide bonds. The SMILES string of the molecule is CC1=NN(C(=O)c2csc3c2CCCC3)[C@@](O)(C(F)(F)F)C1. The van der Waals surface area contributed by atoms with Gasteiger partial charge in [0, 0.05) is 22.4 Å². The van der Waals surface area contributed by atoms with Crippen molar-refractivity contribution in [2.45, 2.75) is 50.9 Å². The fourth-order valence-electron chi connectivity index (χ4n) is 2.94. The predicted octanol–water partition coefficient (Wildman–Crippen LogP) is 3.10. The van der Waals surface area contributed by atoms with Crippen LogP contribution >= 0.6 is 11.3 Å². The standard InChI is InChI=1S/C14H15F3N2O2S/c1-8-6-13(21,14(15,16)17)19(18-8)12(20)10-7-22-11-5-3-2-4-9(10)11/h7,21H,2-6H2,1H3/t13-/m0/s1. The van der Waals surface area contributed by atoms with E-state index in [-0.39, 0.29) is 16.3 Å². The van der Waals surface area contributed by atoms with Crippen molar-refractivity contribution in [1.82, 2.24) is 5.01 Å². The highest BCUT2D eigenvalue weighted by Gasteiger charge is 2.62. The molecule has 1 aliphatic heterocycles. The Balaban J connectivity index is 1.99. The van der Waals surface area contributed by atoms with E-state index in [1.807, 2.05) is 0 Å². The molecule has 0 aromatic carbocycles. The van der Waals surface area contributed by atoms with Crippen LogP contribution in [0.3, 0.4) is 0 Å². The average molecular weight is 332 g/mol. The van der Waals surface area contributed by atoms with Crippen LogP contribution < -0.4 is 0 Å². The van der Waals surface area contributed by atoms with E-state index in [4.69, 9.17) is 0 Å². The molecule has 1 aromatic rings. The van der Waals surface area contributed by atoms with Crippen LogP contribution in [0.1, 0.15) is 47.0 Å². The molecule has 0 fully saturated rings.